The second kappa shape index (κ2) is 9.09. The van der Waals surface area contributed by atoms with Gasteiger partial charge in [0.2, 0.25) is 0 Å². The maximum absolute atomic E-state index is 13.5. The highest BCUT2D eigenvalue weighted by molar-refractivity contribution is 5.73. The number of hydrogen-bond acceptors (Lipinski definition) is 3. The first kappa shape index (κ1) is 21.0. The Bertz CT molecular complexity index is 798. The summed E-state index contributed by atoms with van der Waals surface area (Å²) in [6.07, 6.45) is 1.10. The van der Waals surface area contributed by atoms with Crippen LogP contribution in [-0.2, 0) is 17.8 Å². The zero-order chi connectivity index (χ0) is 20.1. The number of pyridine rings is 1. The van der Waals surface area contributed by atoms with Crippen LogP contribution in [0.3, 0.4) is 0 Å². The van der Waals surface area contributed by atoms with Gasteiger partial charge < -0.3 is 10.2 Å². The zero-order valence-corrected chi connectivity index (χ0v) is 16.4. The van der Waals surface area contributed by atoms with Crippen molar-refractivity contribution >= 4 is 5.97 Å². The SMILES string of the molecule is CC(C)c1nc(C(C)C)c(CCCC(=O)O)c(-c2ccc(F)cc2)c1CO. The van der Waals surface area contributed by atoms with Crippen molar-refractivity contribution in [1.82, 2.24) is 4.98 Å². The van der Waals surface area contributed by atoms with Gasteiger partial charge in [-0.25, -0.2) is 4.39 Å². The Morgan fingerprint density at radius 3 is 2.07 bits per heavy atom. The second-order valence-corrected chi connectivity index (χ2v) is 7.44. The van der Waals surface area contributed by atoms with Gasteiger partial charge in [-0.2, -0.15) is 0 Å². The van der Waals surface area contributed by atoms with E-state index < -0.39 is 5.97 Å². The summed E-state index contributed by atoms with van der Waals surface area (Å²) in [7, 11) is 0. The molecule has 0 amide bonds. The number of nitrogens with zero attached hydrogens (tertiary/aromatic N) is 1. The van der Waals surface area contributed by atoms with E-state index in [9.17, 15) is 14.3 Å². The number of carboxylic acids is 1. The number of carboxylic acid groups (broad SMARTS) is 1. The highest BCUT2D eigenvalue weighted by Crippen LogP contribution is 2.37. The van der Waals surface area contributed by atoms with E-state index in [1.807, 2.05) is 13.8 Å². The van der Waals surface area contributed by atoms with E-state index in [1.165, 1.54) is 12.1 Å². The monoisotopic (exact) mass is 373 g/mol. The third-order valence-corrected chi connectivity index (χ3v) is 4.67. The average molecular weight is 373 g/mol. The van der Waals surface area contributed by atoms with E-state index in [4.69, 9.17) is 10.1 Å². The van der Waals surface area contributed by atoms with Crippen LogP contribution < -0.4 is 0 Å². The normalized spacial score (nSPS) is 11.4. The van der Waals surface area contributed by atoms with E-state index in [0.717, 1.165) is 33.6 Å². The Morgan fingerprint density at radius 1 is 1.04 bits per heavy atom. The molecule has 1 aromatic carbocycles. The van der Waals surface area contributed by atoms with Gasteiger partial charge in [0.1, 0.15) is 5.82 Å². The maximum Gasteiger partial charge on any atom is 0.303 e. The number of benzene rings is 1. The largest absolute Gasteiger partial charge is 0.481 e. The number of rotatable bonds is 8. The second-order valence-electron chi connectivity index (χ2n) is 7.44. The van der Waals surface area contributed by atoms with Gasteiger partial charge in [-0.05, 0) is 53.5 Å². The minimum Gasteiger partial charge on any atom is -0.481 e. The summed E-state index contributed by atoms with van der Waals surface area (Å²) in [5.74, 6) is -0.885. The van der Waals surface area contributed by atoms with Crippen LogP contribution in [0.1, 0.15) is 74.9 Å². The fourth-order valence-corrected chi connectivity index (χ4v) is 3.45. The predicted molar refractivity (Wildman–Crippen MR) is 104 cm³/mol. The lowest BCUT2D eigenvalue weighted by molar-refractivity contribution is -0.137. The van der Waals surface area contributed by atoms with Crippen molar-refractivity contribution in [3.8, 4) is 11.1 Å². The molecule has 0 radical (unpaired) electrons. The molecule has 0 aliphatic carbocycles. The summed E-state index contributed by atoms with van der Waals surface area (Å²) in [5.41, 5.74) is 5.13. The quantitative estimate of drug-likeness (QED) is 0.680. The summed E-state index contributed by atoms with van der Waals surface area (Å²) in [6.45, 7) is 8.01. The van der Waals surface area contributed by atoms with Crippen LogP contribution >= 0.6 is 0 Å². The molecule has 2 aromatic rings. The first-order valence-electron chi connectivity index (χ1n) is 9.40. The molecule has 2 rings (SSSR count). The molecule has 146 valence electrons. The Hall–Kier alpha value is -2.27. The molecular weight excluding hydrogens is 345 g/mol. The number of aliphatic hydroxyl groups is 1. The van der Waals surface area contributed by atoms with Crippen LogP contribution in [-0.4, -0.2) is 21.2 Å². The summed E-state index contributed by atoms with van der Waals surface area (Å²) < 4.78 is 13.5. The number of carbonyl (C=O) groups is 1. The molecule has 0 unspecified atom stereocenters. The summed E-state index contributed by atoms with van der Waals surface area (Å²) in [6, 6.07) is 6.22. The molecule has 5 heteroatoms. The Labute approximate surface area is 160 Å². The van der Waals surface area contributed by atoms with Gasteiger partial charge in [0, 0.05) is 23.4 Å². The number of aliphatic carboxylic acids is 1. The van der Waals surface area contributed by atoms with Crippen LogP contribution in [0.25, 0.3) is 11.1 Å². The molecule has 4 nitrogen and oxygen atoms in total. The van der Waals surface area contributed by atoms with E-state index >= 15 is 0 Å². The minimum absolute atomic E-state index is 0.0702. The third-order valence-electron chi connectivity index (χ3n) is 4.67. The van der Waals surface area contributed by atoms with Crippen molar-refractivity contribution in [3.63, 3.8) is 0 Å². The highest BCUT2D eigenvalue weighted by Gasteiger charge is 2.23. The van der Waals surface area contributed by atoms with E-state index in [0.29, 0.717) is 12.8 Å². The molecule has 27 heavy (non-hydrogen) atoms. The first-order valence-corrected chi connectivity index (χ1v) is 9.40. The lowest BCUT2D eigenvalue weighted by Gasteiger charge is -2.24. The van der Waals surface area contributed by atoms with Crippen LogP contribution in [0.4, 0.5) is 4.39 Å². The van der Waals surface area contributed by atoms with Crippen molar-refractivity contribution in [2.75, 3.05) is 0 Å². The van der Waals surface area contributed by atoms with Crippen molar-refractivity contribution < 1.29 is 19.4 Å². The third kappa shape index (κ3) is 4.92. The Kier molecular flexibility index (Phi) is 7.08. The summed E-state index contributed by atoms with van der Waals surface area (Å²) >= 11 is 0. The van der Waals surface area contributed by atoms with E-state index in [-0.39, 0.29) is 30.7 Å². The minimum atomic E-state index is -0.835. The highest BCUT2D eigenvalue weighted by atomic mass is 19.1. The lowest BCUT2D eigenvalue weighted by Crippen LogP contribution is -2.13. The van der Waals surface area contributed by atoms with Gasteiger partial charge in [-0.15, -0.1) is 0 Å². The van der Waals surface area contributed by atoms with E-state index in [2.05, 4.69) is 13.8 Å². The van der Waals surface area contributed by atoms with Gasteiger partial charge >= 0.3 is 5.97 Å². The van der Waals surface area contributed by atoms with Crippen molar-refractivity contribution in [2.24, 2.45) is 0 Å². The molecule has 0 saturated heterocycles. The van der Waals surface area contributed by atoms with Gasteiger partial charge in [-0.3, -0.25) is 9.78 Å². The van der Waals surface area contributed by atoms with Crippen molar-refractivity contribution in [3.05, 3.63) is 52.6 Å². The predicted octanol–water partition coefficient (Wildman–Crippen LogP) is 5.03. The smallest absolute Gasteiger partial charge is 0.303 e. The fourth-order valence-electron chi connectivity index (χ4n) is 3.45. The molecular formula is C22H28FNO3. The molecule has 0 aliphatic rings. The molecule has 0 saturated carbocycles. The molecule has 0 spiro atoms. The topological polar surface area (TPSA) is 70.4 Å². The first-order chi connectivity index (χ1) is 12.8. The Morgan fingerprint density at radius 2 is 1.59 bits per heavy atom. The number of halogens is 1. The maximum atomic E-state index is 13.5. The van der Waals surface area contributed by atoms with E-state index in [1.54, 1.807) is 12.1 Å². The van der Waals surface area contributed by atoms with Crippen LogP contribution in [0, 0.1) is 5.82 Å². The summed E-state index contributed by atoms with van der Waals surface area (Å²) in [5, 5.41) is 19.1. The van der Waals surface area contributed by atoms with Crippen LogP contribution in [0.5, 0.6) is 0 Å². The lowest BCUT2D eigenvalue weighted by atomic mass is 9.85. The van der Waals surface area contributed by atoms with Crippen LogP contribution in [0.2, 0.25) is 0 Å². The van der Waals surface area contributed by atoms with Gasteiger partial charge in [0.15, 0.2) is 0 Å². The average Bonchev–Trinajstić information content (AvgIpc) is 2.60. The molecule has 0 aliphatic heterocycles. The number of aromatic nitrogens is 1. The molecule has 2 N–H and O–H groups in total. The molecule has 0 fully saturated rings. The number of hydrogen-bond donors (Lipinski definition) is 2. The fraction of sp³-hybridized carbons (Fsp3) is 0.455. The zero-order valence-electron chi connectivity index (χ0n) is 16.4. The molecule has 1 aromatic heterocycles. The van der Waals surface area contributed by atoms with Crippen LogP contribution in [0.15, 0.2) is 24.3 Å². The van der Waals surface area contributed by atoms with Crippen molar-refractivity contribution in [1.29, 1.82) is 0 Å². The summed E-state index contributed by atoms with van der Waals surface area (Å²) in [4.78, 5) is 15.8. The molecule has 1 heterocycles. The molecule has 0 atom stereocenters. The standard InChI is InChI=1S/C22H28FNO3/c1-13(2)21-17(6-5-7-19(26)27)20(15-8-10-16(23)11-9-15)18(12-25)22(24-21)14(3)4/h8-11,13-14,25H,5-7,12H2,1-4H3,(H,26,27). The Balaban J connectivity index is 2.75. The van der Waals surface area contributed by atoms with Crippen molar-refractivity contribution in [2.45, 2.75) is 65.4 Å². The van der Waals surface area contributed by atoms with Gasteiger partial charge in [0.05, 0.1) is 6.61 Å². The number of aliphatic hydroxyl groups excluding tert-OH is 1. The molecule has 0 bridgehead atoms. The van der Waals surface area contributed by atoms with Gasteiger partial charge in [0.25, 0.3) is 0 Å². The van der Waals surface area contributed by atoms with Gasteiger partial charge in [-0.1, -0.05) is 39.8 Å².